The Balaban J connectivity index is 1.94. The average molecular weight is 287 g/mol. The molecule has 0 radical (unpaired) electrons. The molecule has 5 heteroatoms. The number of anilines is 2. The molecule has 2 aromatic rings. The van der Waals surface area contributed by atoms with Gasteiger partial charge in [-0.05, 0) is 42.8 Å². The predicted octanol–water partition coefficient (Wildman–Crippen LogP) is 3.69. The van der Waals surface area contributed by atoms with Crippen molar-refractivity contribution < 1.29 is 9.18 Å². The van der Waals surface area contributed by atoms with E-state index in [1.807, 2.05) is 6.07 Å². The van der Waals surface area contributed by atoms with Crippen LogP contribution < -0.4 is 10.6 Å². The van der Waals surface area contributed by atoms with Crippen molar-refractivity contribution in [1.82, 2.24) is 4.98 Å². The summed E-state index contributed by atoms with van der Waals surface area (Å²) in [5.74, 6) is -0.657. The van der Waals surface area contributed by atoms with E-state index in [0.717, 1.165) is 25.1 Å². The Labute approximate surface area is 123 Å². The molecule has 110 valence electrons. The number of carbonyl (C=O) groups is 1. The Morgan fingerprint density at radius 1 is 1.14 bits per heavy atom. The summed E-state index contributed by atoms with van der Waals surface area (Å²) in [7, 11) is 0. The maximum Gasteiger partial charge on any atom is 0.274 e. The largest absolute Gasteiger partial charge is 0.384 e. The van der Waals surface area contributed by atoms with Crippen LogP contribution in [0.3, 0.4) is 0 Å². The summed E-state index contributed by atoms with van der Waals surface area (Å²) in [6.07, 6.45) is 3.85. The molecule has 1 heterocycles. The van der Waals surface area contributed by atoms with Crippen LogP contribution in [0, 0.1) is 5.82 Å². The second kappa shape index (κ2) is 7.38. The number of aromatic nitrogens is 1. The molecular formula is C16H18FN3O. The number of hydrogen-bond donors (Lipinski definition) is 2. The first-order chi connectivity index (χ1) is 10.2. The Kier molecular flexibility index (Phi) is 5.26. The van der Waals surface area contributed by atoms with Gasteiger partial charge in [0.1, 0.15) is 11.5 Å². The summed E-state index contributed by atoms with van der Waals surface area (Å²) in [5, 5.41) is 5.90. The summed E-state index contributed by atoms with van der Waals surface area (Å²) >= 11 is 0. The Hall–Kier alpha value is -2.43. The first kappa shape index (κ1) is 15.0. The van der Waals surface area contributed by atoms with Crippen LogP contribution in [0.25, 0.3) is 0 Å². The van der Waals surface area contributed by atoms with Crippen LogP contribution in [-0.2, 0) is 0 Å². The Morgan fingerprint density at radius 3 is 2.48 bits per heavy atom. The van der Waals surface area contributed by atoms with Gasteiger partial charge in [-0.3, -0.25) is 4.79 Å². The van der Waals surface area contributed by atoms with Gasteiger partial charge in [0.25, 0.3) is 5.91 Å². The Morgan fingerprint density at radius 2 is 1.86 bits per heavy atom. The standard InChI is InChI=1S/C16H18FN3O/c1-2-3-10-18-14-8-9-15(19-11-14)16(21)20-13-6-4-12(17)5-7-13/h4-9,11,18H,2-3,10H2,1H3,(H,20,21). The van der Waals surface area contributed by atoms with Gasteiger partial charge in [-0.1, -0.05) is 13.3 Å². The van der Waals surface area contributed by atoms with E-state index in [1.54, 1.807) is 12.3 Å². The third kappa shape index (κ3) is 4.56. The Bertz CT molecular complexity index is 581. The van der Waals surface area contributed by atoms with E-state index in [2.05, 4.69) is 22.5 Å². The smallest absolute Gasteiger partial charge is 0.274 e. The number of nitrogens with one attached hydrogen (secondary N) is 2. The quantitative estimate of drug-likeness (QED) is 0.797. The van der Waals surface area contributed by atoms with E-state index in [0.29, 0.717) is 11.4 Å². The van der Waals surface area contributed by atoms with E-state index in [4.69, 9.17) is 0 Å². The first-order valence-electron chi connectivity index (χ1n) is 6.96. The van der Waals surface area contributed by atoms with Gasteiger partial charge >= 0.3 is 0 Å². The highest BCUT2D eigenvalue weighted by Gasteiger charge is 2.07. The molecule has 1 aromatic carbocycles. The van der Waals surface area contributed by atoms with E-state index in [1.165, 1.54) is 24.3 Å². The van der Waals surface area contributed by atoms with Crippen LogP contribution in [0.5, 0.6) is 0 Å². The molecule has 0 bridgehead atoms. The highest BCUT2D eigenvalue weighted by Crippen LogP contribution is 2.11. The minimum Gasteiger partial charge on any atom is -0.384 e. The lowest BCUT2D eigenvalue weighted by atomic mass is 10.2. The molecule has 0 saturated heterocycles. The second-order valence-corrected chi connectivity index (χ2v) is 4.67. The summed E-state index contributed by atoms with van der Waals surface area (Å²) < 4.78 is 12.8. The van der Waals surface area contributed by atoms with Gasteiger partial charge in [-0.15, -0.1) is 0 Å². The molecule has 0 aliphatic heterocycles. The van der Waals surface area contributed by atoms with Gasteiger partial charge in [0, 0.05) is 12.2 Å². The predicted molar refractivity (Wildman–Crippen MR) is 82.0 cm³/mol. The fourth-order valence-corrected chi connectivity index (χ4v) is 1.77. The number of carbonyl (C=O) groups excluding carboxylic acids is 1. The fourth-order valence-electron chi connectivity index (χ4n) is 1.77. The third-order valence-corrected chi connectivity index (χ3v) is 2.96. The third-order valence-electron chi connectivity index (χ3n) is 2.96. The molecule has 21 heavy (non-hydrogen) atoms. The highest BCUT2D eigenvalue weighted by molar-refractivity contribution is 6.02. The van der Waals surface area contributed by atoms with Gasteiger partial charge in [0.05, 0.1) is 11.9 Å². The van der Waals surface area contributed by atoms with Crippen molar-refractivity contribution in [2.45, 2.75) is 19.8 Å². The first-order valence-corrected chi connectivity index (χ1v) is 6.96. The topological polar surface area (TPSA) is 54.0 Å². The molecule has 0 fully saturated rings. The number of halogens is 1. The monoisotopic (exact) mass is 287 g/mol. The lowest BCUT2D eigenvalue weighted by Crippen LogP contribution is -2.13. The maximum atomic E-state index is 12.8. The van der Waals surface area contributed by atoms with Crippen LogP contribution in [0.2, 0.25) is 0 Å². The number of pyridine rings is 1. The highest BCUT2D eigenvalue weighted by atomic mass is 19.1. The molecule has 0 aliphatic carbocycles. The van der Waals surface area contributed by atoms with Crippen molar-refractivity contribution in [2.24, 2.45) is 0 Å². The number of nitrogens with zero attached hydrogens (tertiary/aromatic N) is 1. The van der Waals surface area contributed by atoms with Crippen molar-refractivity contribution in [3.63, 3.8) is 0 Å². The summed E-state index contributed by atoms with van der Waals surface area (Å²) in [6, 6.07) is 9.09. The van der Waals surface area contributed by atoms with Gasteiger partial charge in [-0.2, -0.15) is 0 Å². The molecule has 0 saturated carbocycles. The number of amides is 1. The van der Waals surface area contributed by atoms with E-state index < -0.39 is 0 Å². The zero-order valence-corrected chi connectivity index (χ0v) is 11.9. The van der Waals surface area contributed by atoms with Gasteiger partial charge in [0.2, 0.25) is 0 Å². The molecule has 4 nitrogen and oxygen atoms in total. The van der Waals surface area contributed by atoms with Gasteiger partial charge < -0.3 is 10.6 Å². The molecule has 0 aliphatic rings. The van der Waals surface area contributed by atoms with Crippen LogP contribution in [0.4, 0.5) is 15.8 Å². The SMILES string of the molecule is CCCCNc1ccc(C(=O)Nc2ccc(F)cc2)nc1. The second-order valence-electron chi connectivity index (χ2n) is 4.67. The van der Waals surface area contributed by atoms with Crippen LogP contribution in [0.15, 0.2) is 42.6 Å². The van der Waals surface area contributed by atoms with Gasteiger partial charge in [0.15, 0.2) is 0 Å². The lowest BCUT2D eigenvalue weighted by molar-refractivity contribution is 0.102. The molecule has 0 unspecified atom stereocenters. The van der Waals surface area contributed by atoms with Crippen LogP contribution in [0.1, 0.15) is 30.3 Å². The molecular weight excluding hydrogens is 269 g/mol. The summed E-state index contributed by atoms with van der Waals surface area (Å²) in [6.45, 7) is 3.02. The van der Waals surface area contributed by atoms with Gasteiger partial charge in [-0.25, -0.2) is 9.37 Å². The summed E-state index contributed by atoms with van der Waals surface area (Å²) in [4.78, 5) is 16.1. The maximum absolute atomic E-state index is 12.8. The molecule has 1 amide bonds. The molecule has 0 spiro atoms. The molecule has 0 atom stereocenters. The van der Waals surface area contributed by atoms with E-state index in [-0.39, 0.29) is 11.7 Å². The van der Waals surface area contributed by atoms with Crippen LogP contribution >= 0.6 is 0 Å². The molecule has 1 aromatic heterocycles. The lowest BCUT2D eigenvalue weighted by Gasteiger charge is -2.07. The molecule has 2 rings (SSSR count). The van der Waals surface area contributed by atoms with Crippen molar-refractivity contribution in [2.75, 3.05) is 17.2 Å². The van der Waals surface area contributed by atoms with Crippen molar-refractivity contribution in [1.29, 1.82) is 0 Å². The zero-order valence-electron chi connectivity index (χ0n) is 11.9. The van der Waals surface area contributed by atoms with Crippen molar-refractivity contribution in [3.8, 4) is 0 Å². The number of hydrogen-bond acceptors (Lipinski definition) is 3. The number of benzene rings is 1. The van der Waals surface area contributed by atoms with Crippen LogP contribution in [-0.4, -0.2) is 17.4 Å². The minimum absolute atomic E-state index is 0.318. The average Bonchev–Trinajstić information content (AvgIpc) is 2.50. The van der Waals surface area contributed by atoms with Crippen molar-refractivity contribution in [3.05, 3.63) is 54.1 Å². The molecule has 2 N–H and O–H groups in total. The van der Waals surface area contributed by atoms with E-state index in [9.17, 15) is 9.18 Å². The number of rotatable bonds is 6. The van der Waals surface area contributed by atoms with E-state index >= 15 is 0 Å². The van der Waals surface area contributed by atoms with Crippen molar-refractivity contribution >= 4 is 17.3 Å². The number of unbranched alkanes of at least 4 members (excludes halogenated alkanes) is 1. The summed E-state index contributed by atoms with van der Waals surface area (Å²) in [5.41, 5.74) is 1.75. The zero-order chi connectivity index (χ0) is 15.1. The fraction of sp³-hybridized carbons (Fsp3) is 0.250. The normalized spacial score (nSPS) is 10.2. The minimum atomic E-state index is -0.339.